The lowest BCUT2D eigenvalue weighted by Gasteiger charge is -2.14. The first-order valence-electron chi connectivity index (χ1n) is 8.17. The number of carbonyl (C=O) groups excluding carboxylic acids is 1. The standard InChI is InChI=1S/C18H24N4O/c1-4-10-19-16-11-15(20-12-21-16)18(23)22-17-13(5-2)8-7-9-14(17)6-3/h7-9,11-12H,4-6,10H2,1-3H3,(H,22,23)(H,19,20,21). The van der Waals surface area contributed by atoms with Crippen LogP contribution >= 0.6 is 0 Å². The van der Waals surface area contributed by atoms with Crippen molar-refractivity contribution in [3.63, 3.8) is 0 Å². The van der Waals surface area contributed by atoms with Crippen molar-refractivity contribution >= 4 is 17.4 Å². The van der Waals surface area contributed by atoms with Gasteiger partial charge in [0, 0.05) is 18.3 Å². The minimum Gasteiger partial charge on any atom is -0.370 e. The van der Waals surface area contributed by atoms with Crippen LogP contribution in [-0.2, 0) is 12.8 Å². The number of benzene rings is 1. The molecule has 2 N–H and O–H groups in total. The highest BCUT2D eigenvalue weighted by Crippen LogP contribution is 2.23. The van der Waals surface area contributed by atoms with Gasteiger partial charge in [-0.25, -0.2) is 9.97 Å². The van der Waals surface area contributed by atoms with Crippen molar-refractivity contribution in [2.24, 2.45) is 0 Å². The fraction of sp³-hybridized carbons (Fsp3) is 0.389. The maximum absolute atomic E-state index is 12.5. The zero-order valence-corrected chi connectivity index (χ0v) is 14.0. The Hall–Kier alpha value is -2.43. The van der Waals surface area contributed by atoms with E-state index in [9.17, 15) is 4.79 Å². The molecule has 0 aliphatic rings. The molecule has 1 amide bonds. The molecule has 1 aromatic heterocycles. The van der Waals surface area contributed by atoms with Crippen LogP contribution in [0.3, 0.4) is 0 Å². The van der Waals surface area contributed by atoms with Crippen molar-refractivity contribution in [3.8, 4) is 0 Å². The van der Waals surface area contributed by atoms with Crippen LogP contribution in [0.25, 0.3) is 0 Å². The molecule has 0 radical (unpaired) electrons. The smallest absolute Gasteiger partial charge is 0.274 e. The molecule has 0 bridgehead atoms. The van der Waals surface area contributed by atoms with Crippen molar-refractivity contribution in [3.05, 3.63) is 47.4 Å². The Bertz CT molecular complexity index is 648. The van der Waals surface area contributed by atoms with Gasteiger partial charge in [0.15, 0.2) is 0 Å². The SMILES string of the molecule is CCCNc1cc(C(=O)Nc2c(CC)cccc2CC)ncn1. The lowest BCUT2D eigenvalue weighted by molar-refractivity contribution is 0.102. The second kappa shape index (κ2) is 8.27. The maximum atomic E-state index is 12.5. The van der Waals surface area contributed by atoms with E-state index in [0.717, 1.165) is 42.6 Å². The number of amides is 1. The number of para-hydroxylation sites is 1. The van der Waals surface area contributed by atoms with Crippen molar-refractivity contribution in [1.82, 2.24) is 9.97 Å². The van der Waals surface area contributed by atoms with Gasteiger partial charge in [0.25, 0.3) is 5.91 Å². The van der Waals surface area contributed by atoms with Gasteiger partial charge >= 0.3 is 0 Å². The third kappa shape index (κ3) is 4.28. The summed E-state index contributed by atoms with van der Waals surface area (Å²) in [7, 11) is 0. The molecule has 1 heterocycles. The number of anilines is 2. The van der Waals surface area contributed by atoms with Crippen LogP contribution in [0.1, 0.15) is 48.8 Å². The third-order valence-electron chi connectivity index (χ3n) is 3.69. The van der Waals surface area contributed by atoms with Crippen LogP contribution in [0.4, 0.5) is 11.5 Å². The molecule has 0 aliphatic carbocycles. The van der Waals surface area contributed by atoms with Gasteiger partial charge in [-0.15, -0.1) is 0 Å². The quantitative estimate of drug-likeness (QED) is 0.818. The Morgan fingerprint density at radius 1 is 1.09 bits per heavy atom. The molecule has 23 heavy (non-hydrogen) atoms. The number of nitrogens with zero attached hydrogens (tertiary/aromatic N) is 2. The van der Waals surface area contributed by atoms with E-state index < -0.39 is 0 Å². The summed E-state index contributed by atoms with van der Waals surface area (Å²) in [5.41, 5.74) is 3.54. The van der Waals surface area contributed by atoms with Crippen LogP contribution < -0.4 is 10.6 Å². The van der Waals surface area contributed by atoms with Crippen molar-refractivity contribution < 1.29 is 4.79 Å². The molecule has 0 saturated carbocycles. The highest BCUT2D eigenvalue weighted by molar-refractivity contribution is 6.04. The second-order valence-corrected chi connectivity index (χ2v) is 5.33. The van der Waals surface area contributed by atoms with Crippen LogP contribution in [0, 0.1) is 0 Å². The molecule has 0 fully saturated rings. The first-order valence-corrected chi connectivity index (χ1v) is 8.17. The molecule has 0 saturated heterocycles. The summed E-state index contributed by atoms with van der Waals surface area (Å²) in [6.45, 7) is 7.07. The monoisotopic (exact) mass is 312 g/mol. The molecule has 0 spiro atoms. The van der Waals surface area contributed by atoms with E-state index in [1.807, 2.05) is 18.2 Å². The Kier molecular flexibility index (Phi) is 6.09. The number of aromatic nitrogens is 2. The Balaban J connectivity index is 2.22. The lowest BCUT2D eigenvalue weighted by Crippen LogP contribution is -2.17. The number of hydrogen-bond acceptors (Lipinski definition) is 4. The third-order valence-corrected chi connectivity index (χ3v) is 3.69. The average molecular weight is 312 g/mol. The van der Waals surface area contributed by atoms with E-state index in [1.54, 1.807) is 6.07 Å². The largest absolute Gasteiger partial charge is 0.370 e. The van der Waals surface area contributed by atoms with E-state index in [1.165, 1.54) is 6.33 Å². The minimum atomic E-state index is -0.206. The topological polar surface area (TPSA) is 66.9 Å². The fourth-order valence-corrected chi connectivity index (χ4v) is 2.41. The average Bonchev–Trinajstić information content (AvgIpc) is 2.60. The zero-order valence-electron chi connectivity index (χ0n) is 14.0. The summed E-state index contributed by atoms with van der Waals surface area (Å²) in [6.07, 6.45) is 4.15. The van der Waals surface area contributed by atoms with Crippen molar-refractivity contribution in [2.75, 3.05) is 17.2 Å². The number of rotatable bonds is 7. The summed E-state index contributed by atoms with van der Waals surface area (Å²) in [6, 6.07) is 7.81. The van der Waals surface area contributed by atoms with E-state index in [4.69, 9.17) is 0 Å². The van der Waals surface area contributed by atoms with Crippen LogP contribution in [0.15, 0.2) is 30.6 Å². The van der Waals surface area contributed by atoms with Gasteiger partial charge in [-0.1, -0.05) is 39.0 Å². The van der Waals surface area contributed by atoms with E-state index in [2.05, 4.69) is 41.4 Å². The first kappa shape index (κ1) is 16.9. The summed E-state index contributed by atoms with van der Waals surface area (Å²) >= 11 is 0. The maximum Gasteiger partial charge on any atom is 0.274 e. The minimum absolute atomic E-state index is 0.206. The van der Waals surface area contributed by atoms with Gasteiger partial charge in [0.2, 0.25) is 0 Å². The molecule has 5 nitrogen and oxygen atoms in total. The van der Waals surface area contributed by atoms with Crippen molar-refractivity contribution in [1.29, 1.82) is 0 Å². The van der Waals surface area contributed by atoms with Crippen molar-refractivity contribution in [2.45, 2.75) is 40.0 Å². The van der Waals surface area contributed by atoms with E-state index >= 15 is 0 Å². The highest BCUT2D eigenvalue weighted by Gasteiger charge is 2.13. The molecule has 2 rings (SSSR count). The lowest BCUT2D eigenvalue weighted by atomic mass is 10.0. The molecule has 122 valence electrons. The molecule has 2 aromatic rings. The number of carbonyl (C=O) groups is 1. The second-order valence-electron chi connectivity index (χ2n) is 5.33. The molecule has 0 aliphatic heterocycles. The van der Waals surface area contributed by atoms with E-state index in [0.29, 0.717) is 11.5 Å². The predicted octanol–water partition coefficient (Wildman–Crippen LogP) is 3.68. The summed E-state index contributed by atoms with van der Waals surface area (Å²) in [5.74, 6) is 0.467. The molecular formula is C18H24N4O. The molecule has 1 aromatic carbocycles. The number of aryl methyl sites for hydroxylation is 2. The molecule has 0 unspecified atom stereocenters. The molecule has 0 atom stereocenters. The Labute approximate surface area is 137 Å². The number of nitrogens with one attached hydrogen (secondary N) is 2. The van der Waals surface area contributed by atoms with E-state index in [-0.39, 0.29) is 5.91 Å². The van der Waals surface area contributed by atoms with Crippen LogP contribution in [-0.4, -0.2) is 22.4 Å². The molecular weight excluding hydrogens is 288 g/mol. The van der Waals surface area contributed by atoms with Crippen LogP contribution in [0.5, 0.6) is 0 Å². The Morgan fingerprint density at radius 2 is 1.78 bits per heavy atom. The molecule has 5 heteroatoms. The number of hydrogen-bond donors (Lipinski definition) is 2. The summed E-state index contributed by atoms with van der Waals surface area (Å²) in [4.78, 5) is 20.8. The van der Waals surface area contributed by atoms with Gasteiger partial charge < -0.3 is 10.6 Å². The normalized spacial score (nSPS) is 10.4. The predicted molar refractivity (Wildman–Crippen MR) is 94.0 cm³/mol. The van der Waals surface area contributed by atoms with Crippen LogP contribution in [0.2, 0.25) is 0 Å². The van der Waals surface area contributed by atoms with Gasteiger partial charge in [-0.2, -0.15) is 0 Å². The van der Waals surface area contributed by atoms with Gasteiger partial charge in [0.1, 0.15) is 17.8 Å². The van der Waals surface area contributed by atoms with Gasteiger partial charge in [-0.3, -0.25) is 4.79 Å². The fourth-order valence-electron chi connectivity index (χ4n) is 2.41. The Morgan fingerprint density at radius 3 is 2.39 bits per heavy atom. The van der Waals surface area contributed by atoms with Gasteiger partial charge in [0.05, 0.1) is 0 Å². The zero-order chi connectivity index (χ0) is 16.7. The highest BCUT2D eigenvalue weighted by atomic mass is 16.1. The van der Waals surface area contributed by atoms with Gasteiger partial charge in [-0.05, 0) is 30.4 Å². The first-order chi connectivity index (χ1) is 11.2. The summed E-state index contributed by atoms with van der Waals surface area (Å²) in [5, 5.41) is 6.19. The summed E-state index contributed by atoms with van der Waals surface area (Å²) < 4.78 is 0.